The van der Waals surface area contributed by atoms with Gasteiger partial charge in [0.05, 0.1) is 0 Å². The van der Waals surface area contributed by atoms with Crippen molar-refractivity contribution in [3.05, 3.63) is 47.5 Å². The topological polar surface area (TPSA) is 0 Å². The van der Waals surface area contributed by atoms with Crippen LogP contribution in [0.25, 0.3) is 0 Å². The predicted molar refractivity (Wildman–Crippen MR) is 95.4 cm³/mol. The van der Waals surface area contributed by atoms with Crippen LogP contribution in [-0.2, 0) is 6.42 Å². The summed E-state index contributed by atoms with van der Waals surface area (Å²) in [5, 5.41) is 0. The smallest absolute Gasteiger partial charge is 0.0249 e. The molecule has 0 nitrogen and oxygen atoms in total. The van der Waals surface area contributed by atoms with E-state index in [-0.39, 0.29) is 0 Å². The van der Waals surface area contributed by atoms with Crippen LogP contribution in [0, 0.1) is 35.5 Å². The van der Waals surface area contributed by atoms with E-state index < -0.39 is 0 Å². The number of hydrogen-bond acceptors (Lipinski definition) is 0. The van der Waals surface area contributed by atoms with Crippen molar-refractivity contribution in [1.82, 2.24) is 0 Å². The Morgan fingerprint density at radius 2 is 1.64 bits per heavy atom. The molecule has 114 valence electrons. The Bertz CT molecular complexity index is 587. The lowest BCUT2D eigenvalue weighted by Crippen LogP contribution is -2.12. The third-order valence-electron chi connectivity index (χ3n) is 4.54. The zero-order valence-electron chi connectivity index (χ0n) is 13.9. The fourth-order valence-corrected chi connectivity index (χ4v) is 2.91. The van der Waals surface area contributed by atoms with Crippen LogP contribution in [0.2, 0.25) is 0 Å². The van der Waals surface area contributed by atoms with Gasteiger partial charge in [0.15, 0.2) is 0 Å². The highest BCUT2D eigenvalue weighted by molar-refractivity contribution is 5.39. The van der Waals surface area contributed by atoms with Crippen molar-refractivity contribution in [1.29, 1.82) is 0 Å². The summed E-state index contributed by atoms with van der Waals surface area (Å²) in [6.45, 7) is 4.46. The van der Waals surface area contributed by atoms with E-state index in [1.165, 1.54) is 37.7 Å². The second-order valence-electron chi connectivity index (χ2n) is 6.07. The van der Waals surface area contributed by atoms with E-state index in [4.69, 9.17) is 0 Å². The molecule has 0 amide bonds. The van der Waals surface area contributed by atoms with E-state index in [1.54, 1.807) is 0 Å². The van der Waals surface area contributed by atoms with Gasteiger partial charge in [-0.3, -0.25) is 0 Å². The van der Waals surface area contributed by atoms with Crippen molar-refractivity contribution < 1.29 is 0 Å². The van der Waals surface area contributed by atoms with Gasteiger partial charge in [-0.15, -0.1) is 0 Å². The monoisotopic (exact) mass is 290 g/mol. The molecule has 0 radical (unpaired) electrons. The Balaban J connectivity index is 1.79. The van der Waals surface area contributed by atoms with Crippen molar-refractivity contribution >= 4 is 0 Å². The predicted octanol–water partition coefficient (Wildman–Crippen LogP) is 5.38. The van der Waals surface area contributed by atoms with Crippen molar-refractivity contribution in [2.75, 3.05) is 0 Å². The first-order valence-electron chi connectivity index (χ1n) is 8.58. The van der Waals surface area contributed by atoms with E-state index in [2.05, 4.69) is 61.8 Å². The van der Waals surface area contributed by atoms with Crippen LogP contribution in [0.15, 0.2) is 36.4 Å². The van der Waals surface area contributed by atoms with Gasteiger partial charge in [0.2, 0.25) is 0 Å². The molecule has 0 bridgehead atoms. The quantitative estimate of drug-likeness (QED) is 0.642. The summed E-state index contributed by atoms with van der Waals surface area (Å²) >= 11 is 0. The molecule has 0 atom stereocenters. The molecule has 0 unspecified atom stereocenters. The molecule has 22 heavy (non-hydrogen) atoms. The Morgan fingerprint density at radius 1 is 0.955 bits per heavy atom. The third kappa shape index (κ3) is 5.46. The van der Waals surface area contributed by atoms with Crippen molar-refractivity contribution in [3.8, 4) is 23.7 Å². The summed E-state index contributed by atoms with van der Waals surface area (Å²) < 4.78 is 0. The van der Waals surface area contributed by atoms with Gasteiger partial charge in [0.25, 0.3) is 0 Å². The van der Waals surface area contributed by atoms with E-state index in [0.29, 0.717) is 5.92 Å². The molecule has 0 saturated heterocycles. The normalized spacial score (nSPS) is 20.8. The van der Waals surface area contributed by atoms with Crippen molar-refractivity contribution in [2.45, 2.75) is 52.4 Å². The fraction of sp³-hybridized carbons (Fsp3) is 0.455. The standard InChI is InChI=1S/C22H26/c1-3-19-11-15-21(16-12-19)9-7-5-6-8-10-22-17-13-20(4-2)14-18-22/h5-6,11-12,15-16,20,22H,3-4,13-14,17-18H2,1-2H3. The molecule has 0 heterocycles. The molecular formula is C22H26. The first-order chi connectivity index (χ1) is 10.8. The van der Waals surface area contributed by atoms with Crippen LogP contribution in [0.4, 0.5) is 0 Å². The molecule has 1 saturated carbocycles. The molecule has 1 aliphatic carbocycles. The third-order valence-corrected chi connectivity index (χ3v) is 4.54. The minimum absolute atomic E-state index is 0.599. The maximum atomic E-state index is 3.38. The summed E-state index contributed by atoms with van der Waals surface area (Å²) in [6.07, 6.45) is 11.4. The lowest BCUT2D eigenvalue weighted by atomic mass is 9.81. The Labute approximate surface area is 136 Å². The molecule has 1 aromatic rings. The molecule has 1 fully saturated rings. The van der Waals surface area contributed by atoms with Crippen molar-refractivity contribution in [2.24, 2.45) is 11.8 Å². The highest BCUT2D eigenvalue weighted by Crippen LogP contribution is 2.29. The molecular weight excluding hydrogens is 264 g/mol. The Kier molecular flexibility index (Phi) is 6.86. The first kappa shape index (κ1) is 16.5. The molecule has 0 aromatic heterocycles. The molecule has 2 rings (SSSR count). The van der Waals surface area contributed by atoms with Crippen LogP contribution in [0.5, 0.6) is 0 Å². The van der Waals surface area contributed by atoms with Gasteiger partial charge in [-0.1, -0.05) is 56.1 Å². The molecule has 0 heteroatoms. The molecule has 0 aliphatic heterocycles. The first-order valence-corrected chi connectivity index (χ1v) is 8.58. The summed E-state index contributed by atoms with van der Waals surface area (Å²) in [5.41, 5.74) is 2.41. The lowest BCUT2D eigenvalue weighted by molar-refractivity contribution is 0.309. The van der Waals surface area contributed by atoms with Gasteiger partial charge in [-0.25, -0.2) is 0 Å². The van der Waals surface area contributed by atoms with Gasteiger partial charge in [-0.05, 0) is 67.9 Å². The zero-order chi connectivity index (χ0) is 15.6. The molecule has 0 spiro atoms. The maximum Gasteiger partial charge on any atom is 0.0249 e. The van der Waals surface area contributed by atoms with Gasteiger partial charge in [-0.2, -0.15) is 0 Å². The average molecular weight is 290 g/mol. The van der Waals surface area contributed by atoms with Gasteiger partial charge in [0.1, 0.15) is 0 Å². The minimum Gasteiger partial charge on any atom is -0.0951 e. The van der Waals surface area contributed by atoms with E-state index in [1.807, 2.05) is 12.2 Å². The maximum absolute atomic E-state index is 3.38. The van der Waals surface area contributed by atoms with Crippen LogP contribution < -0.4 is 0 Å². The Morgan fingerprint density at radius 3 is 2.27 bits per heavy atom. The number of benzene rings is 1. The van der Waals surface area contributed by atoms with Gasteiger partial charge in [0, 0.05) is 11.5 Å². The molecule has 1 aliphatic rings. The summed E-state index contributed by atoms with van der Waals surface area (Å²) in [7, 11) is 0. The second-order valence-corrected chi connectivity index (χ2v) is 6.07. The lowest BCUT2D eigenvalue weighted by Gasteiger charge is -2.24. The van der Waals surface area contributed by atoms with Crippen LogP contribution in [0.3, 0.4) is 0 Å². The number of allylic oxidation sites excluding steroid dienone is 2. The highest BCUT2D eigenvalue weighted by Gasteiger charge is 2.17. The molecule has 1 aromatic carbocycles. The number of rotatable bonds is 2. The minimum atomic E-state index is 0.599. The van der Waals surface area contributed by atoms with Gasteiger partial charge < -0.3 is 0 Å². The average Bonchev–Trinajstić information content (AvgIpc) is 2.59. The summed E-state index contributed by atoms with van der Waals surface area (Å²) in [4.78, 5) is 0. The number of hydrogen-bond donors (Lipinski definition) is 0. The van der Waals surface area contributed by atoms with Crippen molar-refractivity contribution in [3.63, 3.8) is 0 Å². The second kappa shape index (κ2) is 9.17. The van der Waals surface area contributed by atoms with E-state index in [0.717, 1.165) is 17.9 Å². The largest absolute Gasteiger partial charge is 0.0951 e. The van der Waals surface area contributed by atoms with E-state index >= 15 is 0 Å². The molecule has 0 N–H and O–H groups in total. The SMILES string of the molecule is CCc1ccc(C#CC=CC#CC2CCC(CC)CC2)cc1. The van der Waals surface area contributed by atoms with Crippen LogP contribution >= 0.6 is 0 Å². The Hall–Kier alpha value is -1.92. The summed E-state index contributed by atoms with van der Waals surface area (Å²) in [5.74, 6) is 14.3. The van der Waals surface area contributed by atoms with E-state index in [9.17, 15) is 0 Å². The van der Waals surface area contributed by atoms with Crippen LogP contribution in [0.1, 0.15) is 57.1 Å². The number of aryl methyl sites for hydroxylation is 1. The van der Waals surface area contributed by atoms with Crippen LogP contribution in [-0.4, -0.2) is 0 Å². The fourth-order valence-electron chi connectivity index (χ4n) is 2.91. The summed E-state index contributed by atoms with van der Waals surface area (Å²) in [6, 6.07) is 8.44. The highest BCUT2D eigenvalue weighted by atomic mass is 14.2. The zero-order valence-corrected chi connectivity index (χ0v) is 13.9. The van der Waals surface area contributed by atoms with Gasteiger partial charge >= 0.3 is 0 Å².